The second-order valence-electron chi connectivity index (χ2n) is 4.82. The molecule has 116 valence electrons. The topological polar surface area (TPSA) is 35.5 Å². The normalized spacial score (nSPS) is 11.4. The van der Waals surface area contributed by atoms with Crippen LogP contribution in [0.2, 0.25) is 0 Å². The Morgan fingerprint density at radius 2 is 1.91 bits per heavy atom. The van der Waals surface area contributed by atoms with E-state index in [4.69, 9.17) is 9.47 Å². The van der Waals surface area contributed by atoms with Crippen molar-refractivity contribution in [3.05, 3.63) is 70.9 Å². The Morgan fingerprint density at radius 1 is 1.09 bits per heavy atom. The minimum atomic E-state index is -0.406. The zero-order valence-corrected chi connectivity index (χ0v) is 13.5. The smallest absolute Gasteiger partial charge is 0.334 e. The highest BCUT2D eigenvalue weighted by Gasteiger charge is 2.11. The van der Waals surface area contributed by atoms with Crippen LogP contribution in [-0.2, 0) is 9.53 Å². The quantitative estimate of drug-likeness (QED) is 0.381. The average Bonchev–Trinajstić information content (AvgIpc) is 3.09. The standard InChI is InChI=1S/C19H16O3S/c1-2-21-19(20)13-17(18-11-6-12-23-18)22-16-10-5-8-14-7-3-4-9-15(14)16/h3-13H,2H2,1H3/b17-13+. The lowest BCUT2D eigenvalue weighted by atomic mass is 10.1. The molecular formula is C19H16O3S. The third-order valence-electron chi connectivity index (χ3n) is 3.27. The molecular weight excluding hydrogens is 308 g/mol. The van der Waals surface area contributed by atoms with Gasteiger partial charge in [0.05, 0.1) is 17.6 Å². The van der Waals surface area contributed by atoms with Crippen molar-refractivity contribution in [1.82, 2.24) is 0 Å². The second-order valence-corrected chi connectivity index (χ2v) is 5.76. The molecule has 0 aliphatic rings. The number of ether oxygens (including phenoxy) is 2. The van der Waals surface area contributed by atoms with Crippen molar-refractivity contribution in [3.63, 3.8) is 0 Å². The predicted molar refractivity (Wildman–Crippen MR) is 93.5 cm³/mol. The van der Waals surface area contributed by atoms with E-state index < -0.39 is 5.97 Å². The molecule has 23 heavy (non-hydrogen) atoms. The fourth-order valence-corrected chi connectivity index (χ4v) is 2.94. The first kappa shape index (κ1) is 15.3. The van der Waals surface area contributed by atoms with E-state index in [-0.39, 0.29) is 0 Å². The van der Waals surface area contributed by atoms with Crippen molar-refractivity contribution in [1.29, 1.82) is 0 Å². The first-order valence-electron chi connectivity index (χ1n) is 7.36. The number of hydrogen-bond acceptors (Lipinski definition) is 4. The molecule has 0 N–H and O–H groups in total. The summed E-state index contributed by atoms with van der Waals surface area (Å²) in [7, 11) is 0. The van der Waals surface area contributed by atoms with Crippen LogP contribution in [0.5, 0.6) is 5.75 Å². The monoisotopic (exact) mass is 324 g/mol. The van der Waals surface area contributed by atoms with Gasteiger partial charge in [0, 0.05) is 5.39 Å². The maximum atomic E-state index is 11.8. The van der Waals surface area contributed by atoms with Gasteiger partial charge in [0.25, 0.3) is 0 Å². The van der Waals surface area contributed by atoms with Crippen LogP contribution in [0.25, 0.3) is 16.5 Å². The van der Waals surface area contributed by atoms with Gasteiger partial charge in [-0.25, -0.2) is 4.79 Å². The molecule has 3 aromatic rings. The van der Waals surface area contributed by atoms with E-state index in [2.05, 4.69) is 0 Å². The first-order valence-corrected chi connectivity index (χ1v) is 8.24. The lowest BCUT2D eigenvalue weighted by molar-refractivity contribution is -0.137. The molecule has 1 aromatic heterocycles. The van der Waals surface area contributed by atoms with Crippen LogP contribution in [0.3, 0.4) is 0 Å². The number of hydrogen-bond donors (Lipinski definition) is 0. The summed E-state index contributed by atoms with van der Waals surface area (Å²) in [6.07, 6.45) is 1.40. The summed E-state index contributed by atoms with van der Waals surface area (Å²) in [4.78, 5) is 12.7. The van der Waals surface area contributed by atoms with Gasteiger partial charge >= 0.3 is 5.97 Å². The van der Waals surface area contributed by atoms with Gasteiger partial charge in [-0.2, -0.15) is 0 Å². The SMILES string of the molecule is CCOC(=O)/C=C(/Oc1cccc2ccccc12)c1cccs1. The average molecular weight is 324 g/mol. The highest BCUT2D eigenvalue weighted by Crippen LogP contribution is 2.30. The van der Waals surface area contributed by atoms with Gasteiger partial charge in [-0.1, -0.05) is 42.5 Å². The number of carbonyl (C=O) groups excluding carboxylic acids is 1. The molecule has 3 nitrogen and oxygen atoms in total. The number of carbonyl (C=O) groups is 1. The van der Waals surface area contributed by atoms with E-state index in [0.29, 0.717) is 18.1 Å². The lowest BCUT2D eigenvalue weighted by Crippen LogP contribution is -2.03. The van der Waals surface area contributed by atoms with Crippen LogP contribution in [0.4, 0.5) is 0 Å². The Morgan fingerprint density at radius 3 is 2.70 bits per heavy atom. The molecule has 0 unspecified atom stereocenters. The van der Waals surface area contributed by atoms with Crippen LogP contribution >= 0.6 is 11.3 Å². The molecule has 0 bridgehead atoms. The zero-order chi connectivity index (χ0) is 16.1. The third kappa shape index (κ3) is 3.60. The largest absolute Gasteiger partial charge is 0.463 e. The summed E-state index contributed by atoms with van der Waals surface area (Å²) in [5.74, 6) is 0.804. The summed E-state index contributed by atoms with van der Waals surface area (Å²) in [6, 6.07) is 17.7. The van der Waals surface area contributed by atoms with E-state index in [1.54, 1.807) is 6.92 Å². The van der Waals surface area contributed by atoms with Crippen LogP contribution in [-0.4, -0.2) is 12.6 Å². The van der Waals surface area contributed by atoms with Gasteiger partial charge in [0.15, 0.2) is 5.76 Å². The van der Waals surface area contributed by atoms with E-state index in [1.165, 1.54) is 17.4 Å². The summed E-state index contributed by atoms with van der Waals surface area (Å²) >= 11 is 1.51. The molecule has 0 saturated carbocycles. The van der Waals surface area contributed by atoms with Gasteiger partial charge in [-0.05, 0) is 29.8 Å². The van der Waals surface area contributed by atoms with Gasteiger partial charge < -0.3 is 9.47 Å². The van der Waals surface area contributed by atoms with Crippen LogP contribution in [0.1, 0.15) is 11.8 Å². The number of fused-ring (bicyclic) bond motifs is 1. The summed E-state index contributed by atoms with van der Waals surface area (Å²) in [5.41, 5.74) is 0. The Hall–Kier alpha value is -2.59. The van der Waals surface area contributed by atoms with Crippen LogP contribution in [0, 0.1) is 0 Å². The van der Waals surface area contributed by atoms with Crippen molar-refractivity contribution in [3.8, 4) is 5.75 Å². The van der Waals surface area contributed by atoms with Crippen LogP contribution < -0.4 is 4.74 Å². The highest BCUT2D eigenvalue weighted by atomic mass is 32.1. The molecule has 1 heterocycles. The third-order valence-corrected chi connectivity index (χ3v) is 4.15. The molecule has 0 radical (unpaired) electrons. The van der Waals surface area contributed by atoms with Crippen molar-refractivity contribution >= 4 is 33.8 Å². The molecule has 0 atom stereocenters. The summed E-state index contributed by atoms with van der Waals surface area (Å²) in [5, 5.41) is 4.04. The minimum Gasteiger partial charge on any atom is -0.463 e. The Bertz CT molecular complexity index is 829. The van der Waals surface area contributed by atoms with Gasteiger partial charge in [-0.3, -0.25) is 0 Å². The van der Waals surface area contributed by atoms with Crippen molar-refractivity contribution in [2.75, 3.05) is 6.61 Å². The van der Waals surface area contributed by atoms with Gasteiger partial charge in [-0.15, -0.1) is 11.3 Å². The summed E-state index contributed by atoms with van der Waals surface area (Å²) < 4.78 is 11.1. The molecule has 0 fully saturated rings. The Kier molecular flexibility index (Phi) is 4.74. The maximum Gasteiger partial charge on any atom is 0.334 e. The highest BCUT2D eigenvalue weighted by molar-refractivity contribution is 7.11. The fraction of sp³-hybridized carbons (Fsp3) is 0.105. The van der Waals surface area contributed by atoms with E-state index in [9.17, 15) is 4.79 Å². The van der Waals surface area contributed by atoms with Crippen molar-refractivity contribution in [2.24, 2.45) is 0 Å². The maximum absolute atomic E-state index is 11.8. The number of esters is 1. The van der Waals surface area contributed by atoms with Crippen LogP contribution in [0.15, 0.2) is 66.1 Å². The number of benzene rings is 2. The number of thiophene rings is 1. The zero-order valence-electron chi connectivity index (χ0n) is 12.7. The van der Waals surface area contributed by atoms with E-state index >= 15 is 0 Å². The Labute approximate surface area is 138 Å². The molecule has 2 aromatic carbocycles. The van der Waals surface area contributed by atoms with Gasteiger partial charge in [0.2, 0.25) is 0 Å². The van der Waals surface area contributed by atoms with E-state index in [1.807, 2.05) is 60.0 Å². The van der Waals surface area contributed by atoms with Crippen molar-refractivity contribution < 1.29 is 14.3 Å². The molecule has 4 heteroatoms. The molecule has 0 amide bonds. The predicted octanol–water partition coefficient (Wildman–Crippen LogP) is 4.88. The first-order chi connectivity index (χ1) is 11.3. The molecule has 0 aliphatic carbocycles. The fourth-order valence-electron chi connectivity index (χ4n) is 2.26. The summed E-state index contributed by atoms with van der Waals surface area (Å²) in [6.45, 7) is 2.11. The van der Waals surface area contributed by atoms with Crippen molar-refractivity contribution in [2.45, 2.75) is 6.92 Å². The molecule has 0 aliphatic heterocycles. The minimum absolute atomic E-state index is 0.335. The Balaban J connectivity index is 1.99. The van der Waals surface area contributed by atoms with E-state index in [0.717, 1.165) is 15.6 Å². The number of rotatable bonds is 5. The second kappa shape index (κ2) is 7.11. The van der Waals surface area contributed by atoms with Gasteiger partial charge in [0.1, 0.15) is 5.75 Å². The molecule has 3 rings (SSSR count). The molecule has 0 saturated heterocycles. The lowest BCUT2D eigenvalue weighted by Gasteiger charge is -2.11. The molecule has 0 spiro atoms.